The Morgan fingerprint density at radius 3 is 2.69 bits per heavy atom. The summed E-state index contributed by atoms with van der Waals surface area (Å²) in [6, 6.07) is 1.91. The largest absolute Gasteiger partial charge is 0.342 e. The number of piperidine rings is 1. The Balaban J connectivity index is 1.60. The summed E-state index contributed by atoms with van der Waals surface area (Å²) in [6.45, 7) is 9.49. The lowest BCUT2D eigenvalue weighted by molar-refractivity contribution is -0.129. The molecule has 142 valence electrons. The van der Waals surface area contributed by atoms with Crippen LogP contribution in [0.1, 0.15) is 51.2 Å². The van der Waals surface area contributed by atoms with E-state index in [2.05, 4.69) is 40.6 Å². The van der Waals surface area contributed by atoms with Crippen LogP contribution in [0.15, 0.2) is 18.5 Å². The van der Waals surface area contributed by atoms with Gasteiger partial charge in [0.25, 0.3) is 0 Å². The molecule has 0 atom stereocenters. The number of amides is 1. The number of likely N-dealkylation sites (tertiary alicyclic amines) is 1. The summed E-state index contributed by atoms with van der Waals surface area (Å²) >= 11 is 1.72. The van der Waals surface area contributed by atoms with Gasteiger partial charge in [-0.3, -0.25) is 9.48 Å². The molecule has 0 aliphatic carbocycles. The van der Waals surface area contributed by atoms with Crippen molar-refractivity contribution in [3.8, 4) is 0 Å². The molecule has 3 rings (SSSR count). The van der Waals surface area contributed by atoms with Crippen LogP contribution >= 0.6 is 11.8 Å². The molecule has 1 saturated heterocycles. The van der Waals surface area contributed by atoms with Crippen molar-refractivity contribution in [2.75, 3.05) is 18.8 Å². The van der Waals surface area contributed by atoms with Gasteiger partial charge in [0, 0.05) is 37.9 Å². The first-order valence-corrected chi connectivity index (χ1v) is 10.4. The molecule has 0 bridgehead atoms. The Morgan fingerprint density at radius 1 is 1.31 bits per heavy atom. The second kappa shape index (κ2) is 8.70. The molecule has 0 N–H and O–H groups in total. The molecule has 2 aromatic heterocycles. The molecule has 0 spiro atoms. The van der Waals surface area contributed by atoms with Crippen LogP contribution < -0.4 is 0 Å². The fraction of sp³-hybridized carbons (Fsp3) is 0.667. The van der Waals surface area contributed by atoms with Gasteiger partial charge < -0.3 is 9.47 Å². The van der Waals surface area contributed by atoms with Crippen LogP contribution in [0, 0.1) is 0 Å². The van der Waals surface area contributed by atoms with Crippen LogP contribution in [-0.2, 0) is 17.9 Å². The summed E-state index contributed by atoms with van der Waals surface area (Å²) in [4.78, 5) is 14.3. The summed E-state index contributed by atoms with van der Waals surface area (Å²) in [7, 11) is 0. The Hall–Kier alpha value is -1.83. The van der Waals surface area contributed by atoms with Crippen molar-refractivity contribution in [2.45, 2.75) is 57.9 Å². The van der Waals surface area contributed by atoms with Crippen molar-refractivity contribution in [3.63, 3.8) is 0 Å². The van der Waals surface area contributed by atoms with E-state index in [0.717, 1.165) is 44.1 Å². The Kier molecular flexibility index (Phi) is 6.34. The van der Waals surface area contributed by atoms with Gasteiger partial charge in [-0.05, 0) is 31.1 Å². The Morgan fingerprint density at radius 2 is 2.08 bits per heavy atom. The summed E-state index contributed by atoms with van der Waals surface area (Å²) in [5.41, 5.74) is 0. The average molecular weight is 377 g/mol. The number of hydrogen-bond donors (Lipinski definition) is 0. The first kappa shape index (κ1) is 18.9. The van der Waals surface area contributed by atoms with Gasteiger partial charge in [0.1, 0.15) is 12.4 Å². The van der Waals surface area contributed by atoms with E-state index in [1.807, 2.05) is 21.8 Å². The van der Waals surface area contributed by atoms with E-state index >= 15 is 0 Å². The highest BCUT2D eigenvalue weighted by molar-refractivity contribution is 8.00. The average Bonchev–Trinajstić information content (AvgIpc) is 3.29. The minimum absolute atomic E-state index is 0.262. The second-order valence-corrected chi connectivity index (χ2v) is 8.50. The highest BCUT2D eigenvalue weighted by Gasteiger charge is 2.27. The van der Waals surface area contributed by atoms with Gasteiger partial charge >= 0.3 is 0 Å². The van der Waals surface area contributed by atoms with Gasteiger partial charge in [-0.1, -0.05) is 13.8 Å². The molecule has 7 nitrogen and oxygen atoms in total. The number of rotatable bonds is 7. The lowest BCUT2D eigenvalue weighted by Crippen LogP contribution is -2.39. The maximum absolute atomic E-state index is 12.3. The van der Waals surface area contributed by atoms with Crippen molar-refractivity contribution in [2.24, 2.45) is 0 Å². The van der Waals surface area contributed by atoms with Crippen LogP contribution in [0.2, 0.25) is 0 Å². The standard InChI is InChI=1S/C18H28N6OS/c1-4-24-16(12-23-9-5-8-19-23)20-21-18(24)15-6-10-22(11-7-15)17(25)13-26-14(2)3/h5,8-9,14-15H,4,6-7,10-13H2,1-3H3. The predicted molar refractivity (Wildman–Crippen MR) is 103 cm³/mol. The van der Waals surface area contributed by atoms with Gasteiger partial charge in [0.2, 0.25) is 5.91 Å². The molecule has 1 aliphatic rings. The molecule has 0 unspecified atom stereocenters. The first-order chi connectivity index (χ1) is 12.6. The van der Waals surface area contributed by atoms with E-state index in [1.165, 1.54) is 0 Å². The third kappa shape index (κ3) is 4.47. The molecule has 26 heavy (non-hydrogen) atoms. The van der Waals surface area contributed by atoms with Crippen LogP contribution in [0.4, 0.5) is 0 Å². The second-order valence-electron chi connectivity index (χ2n) is 6.94. The van der Waals surface area contributed by atoms with E-state index in [-0.39, 0.29) is 5.91 Å². The molecule has 3 heterocycles. The molecule has 0 saturated carbocycles. The number of nitrogens with zero attached hydrogens (tertiary/aromatic N) is 6. The third-order valence-corrected chi connectivity index (χ3v) is 5.87. The summed E-state index contributed by atoms with van der Waals surface area (Å²) in [5.74, 6) is 3.21. The van der Waals surface area contributed by atoms with Crippen LogP contribution in [-0.4, -0.2) is 59.4 Å². The normalized spacial score (nSPS) is 15.8. The topological polar surface area (TPSA) is 68.8 Å². The molecule has 0 radical (unpaired) electrons. The van der Waals surface area contributed by atoms with Gasteiger partial charge in [0.15, 0.2) is 5.82 Å². The zero-order valence-electron chi connectivity index (χ0n) is 15.8. The maximum Gasteiger partial charge on any atom is 0.232 e. The molecular weight excluding hydrogens is 348 g/mol. The van der Waals surface area contributed by atoms with Crippen molar-refractivity contribution in [1.82, 2.24) is 29.4 Å². The number of aromatic nitrogens is 5. The zero-order valence-corrected chi connectivity index (χ0v) is 16.7. The van der Waals surface area contributed by atoms with Crippen molar-refractivity contribution in [3.05, 3.63) is 30.1 Å². The molecule has 2 aromatic rings. The number of carbonyl (C=O) groups excluding carboxylic acids is 1. The molecule has 8 heteroatoms. The monoisotopic (exact) mass is 376 g/mol. The summed E-state index contributed by atoms with van der Waals surface area (Å²) < 4.78 is 4.08. The SMILES string of the molecule is CCn1c(Cn2cccn2)nnc1C1CCN(C(=O)CSC(C)C)CC1. The fourth-order valence-corrected chi connectivity index (χ4v) is 4.03. The van der Waals surface area contributed by atoms with Crippen molar-refractivity contribution < 1.29 is 4.79 Å². The summed E-state index contributed by atoms with van der Waals surface area (Å²) in [6.07, 6.45) is 5.63. The molecule has 1 fully saturated rings. The van der Waals surface area contributed by atoms with Crippen molar-refractivity contribution in [1.29, 1.82) is 0 Å². The number of hydrogen-bond acceptors (Lipinski definition) is 5. The number of thioether (sulfide) groups is 1. The smallest absolute Gasteiger partial charge is 0.232 e. The molecule has 0 aromatic carbocycles. The third-order valence-electron chi connectivity index (χ3n) is 4.79. The Labute approximate surface area is 159 Å². The lowest BCUT2D eigenvalue weighted by Gasteiger charge is -2.31. The summed E-state index contributed by atoms with van der Waals surface area (Å²) in [5, 5.41) is 13.6. The molecule has 1 amide bonds. The van der Waals surface area contributed by atoms with Crippen molar-refractivity contribution >= 4 is 17.7 Å². The lowest BCUT2D eigenvalue weighted by atomic mass is 9.96. The minimum Gasteiger partial charge on any atom is -0.342 e. The van der Waals surface area contributed by atoms with Gasteiger partial charge in [0.05, 0.1) is 5.75 Å². The molecule has 1 aliphatic heterocycles. The fourth-order valence-electron chi connectivity index (χ4n) is 3.37. The maximum atomic E-state index is 12.3. The number of carbonyl (C=O) groups is 1. The van der Waals surface area contributed by atoms with Gasteiger partial charge in [-0.2, -0.15) is 5.10 Å². The quantitative estimate of drug-likeness (QED) is 0.742. The highest BCUT2D eigenvalue weighted by atomic mass is 32.2. The first-order valence-electron chi connectivity index (χ1n) is 9.37. The highest BCUT2D eigenvalue weighted by Crippen LogP contribution is 2.28. The molecular formula is C18H28N6OS. The zero-order chi connectivity index (χ0) is 18.5. The van der Waals surface area contributed by atoms with E-state index in [9.17, 15) is 4.79 Å². The Bertz CT molecular complexity index is 703. The van der Waals surface area contributed by atoms with Crippen LogP contribution in [0.25, 0.3) is 0 Å². The van der Waals surface area contributed by atoms with E-state index in [4.69, 9.17) is 0 Å². The van der Waals surface area contributed by atoms with E-state index in [0.29, 0.717) is 23.5 Å². The van der Waals surface area contributed by atoms with Gasteiger partial charge in [-0.25, -0.2) is 0 Å². The van der Waals surface area contributed by atoms with E-state index in [1.54, 1.807) is 18.0 Å². The van der Waals surface area contributed by atoms with Crippen LogP contribution in [0.5, 0.6) is 0 Å². The predicted octanol–water partition coefficient (Wildman–Crippen LogP) is 2.39. The van der Waals surface area contributed by atoms with Crippen LogP contribution in [0.3, 0.4) is 0 Å². The van der Waals surface area contributed by atoms with E-state index < -0.39 is 0 Å². The minimum atomic E-state index is 0.262. The van der Waals surface area contributed by atoms with Gasteiger partial charge in [-0.15, -0.1) is 22.0 Å².